The number of benzene rings is 1. The van der Waals surface area contributed by atoms with Gasteiger partial charge in [-0.15, -0.1) is 0 Å². The Bertz CT molecular complexity index is 708. The SMILES string of the molecule is CNC1CCCN(C(=O)C2CCCN2C(=O)c2ccc3c(c2)OCO3)C1. The number of carbonyl (C=O) groups excluding carboxylic acids is 2. The maximum atomic E-state index is 13.1. The highest BCUT2D eigenvalue weighted by atomic mass is 16.7. The van der Waals surface area contributed by atoms with E-state index in [0.717, 1.165) is 38.8 Å². The van der Waals surface area contributed by atoms with Crippen LogP contribution in [-0.4, -0.2) is 67.2 Å². The average Bonchev–Trinajstić information content (AvgIpc) is 3.35. The first-order chi connectivity index (χ1) is 12.7. The van der Waals surface area contributed by atoms with Crippen LogP contribution in [0.2, 0.25) is 0 Å². The molecule has 2 amide bonds. The molecule has 2 atom stereocenters. The van der Waals surface area contributed by atoms with Gasteiger partial charge in [-0.1, -0.05) is 0 Å². The van der Waals surface area contributed by atoms with E-state index in [4.69, 9.17) is 9.47 Å². The molecule has 1 aromatic carbocycles. The minimum atomic E-state index is -0.358. The number of nitrogens with one attached hydrogen (secondary N) is 1. The summed E-state index contributed by atoms with van der Waals surface area (Å²) in [4.78, 5) is 29.7. The predicted molar refractivity (Wildman–Crippen MR) is 95.3 cm³/mol. The summed E-state index contributed by atoms with van der Waals surface area (Å²) in [6.07, 6.45) is 3.68. The van der Waals surface area contributed by atoms with Crippen LogP contribution in [0.15, 0.2) is 18.2 Å². The lowest BCUT2D eigenvalue weighted by Gasteiger charge is -2.36. The van der Waals surface area contributed by atoms with Crippen LogP contribution in [-0.2, 0) is 4.79 Å². The lowest BCUT2D eigenvalue weighted by molar-refractivity contribution is -0.136. The molecule has 7 nitrogen and oxygen atoms in total. The molecule has 26 heavy (non-hydrogen) atoms. The third-order valence-electron chi connectivity index (χ3n) is 5.56. The molecule has 3 heterocycles. The topological polar surface area (TPSA) is 71.1 Å². The van der Waals surface area contributed by atoms with E-state index in [1.165, 1.54) is 0 Å². The van der Waals surface area contributed by atoms with Crippen LogP contribution < -0.4 is 14.8 Å². The summed E-state index contributed by atoms with van der Waals surface area (Å²) in [6, 6.07) is 5.19. The van der Waals surface area contributed by atoms with Crippen LogP contribution in [0.4, 0.5) is 0 Å². The number of nitrogens with zero attached hydrogens (tertiary/aromatic N) is 2. The van der Waals surface area contributed by atoms with Crippen molar-refractivity contribution in [3.8, 4) is 11.5 Å². The number of rotatable bonds is 3. The first kappa shape index (κ1) is 17.1. The number of ether oxygens (including phenoxy) is 2. The van der Waals surface area contributed by atoms with Gasteiger partial charge in [-0.05, 0) is 50.9 Å². The summed E-state index contributed by atoms with van der Waals surface area (Å²) in [6.45, 7) is 2.30. The molecular weight excluding hydrogens is 334 g/mol. The number of carbonyl (C=O) groups is 2. The highest BCUT2D eigenvalue weighted by molar-refractivity contribution is 5.98. The Balaban J connectivity index is 1.49. The molecule has 4 rings (SSSR count). The van der Waals surface area contributed by atoms with Crippen LogP contribution in [0.1, 0.15) is 36.0 Å². The van der Waals surface area contributed by atoms with E-state index in [9.17, 15) is 9.59 Å². The van der Waals surface area contributed by atoms with Crippen molar-refractivity contribution in [3.05, 3.63) is 23.8 Å². The average molecular weight is 359 g/mol. The van der Waals surface area contributed by atoms with E-state index in [1.54, 1.807) is 23.1 Å². The maximum absolute atomic E-state index is 13.1. The monoisotopic (exact) mass is 359 g/mol. The van der Waals surface area contributed by atoms with Gasteiger partial charge in [0.25, 0.3) is 5.91 Å². The summed E-state index contributed by atoms with van der Waals surface area (Å²) in [7, 11) is 1.93. The van der Waals surface area contributed by atoms with Gasteiger partial charge in [0.1, 0.15) is 6.04 Å². The van der Waals surface area contributed by atoms with E-state index in [2.05, 4.69) is 5.32 Å². The summed E-state index contributed by atoms with van der Waals surface area (Å²) in [5.74, 6) is 1.21. The van der Waals surface area contributed by atoms with E-state index < -0.39 is 0 Å². The van der Waals surface area contributed by atoms with E-state index in [-0.39, 0.29) is 24.6 Å². The highest BCUT2D eigenvalue weighted by Crippen LogP contribution is 2.33. The Morgan fingerprint density at radius 1 is 1.12 bits per heavy atom. The first-order valence-corrected chi connectivity index (χ1v) is 9.34. The maximum Gasteiger partial charge on any atom is 0.254 e. The molecule has 2 unspecified atom stereocenters. The standard InChI is InChI=1S/C19H25N3O4/c1-20-14-4-2-8-21(11-14)19(24)15-5-3-9-22(15)18(23)13-6-7-16-17(10-13)26-12-25-16/h6-7,10,14-15,20H,2-5,8-9,11-12H2,1H3. The molecule has 1 N–H and O–H groups in total. The lowest BCUT2D eigenvalue weighted by Crippen LogP contribution is -2.53. The quantitative estimate of drug-likeness (QED) is 0.879. The van der Waals surface area contributed by atoms with Crippen LogP contribution in [0.3, 0.4) is 0 Å². The van der Waals surface area contributed by atoms with Crippen LogP contribution in [0, 0.1) is 0 Å². The zero-order valence-electron chi connectivity index (χ0n) is 15.1. The van der Waals surface area contributed by atoms with Crippen molar-refractivity contribution >= 4 is 11.8 Å². The van der Waals surface area contributed by atoms with Crippen molar-refractivity contribution in [1.82, 2.24) is 15.1 Å². The summed E-state index contributed by atoms with van der Waals surface area (Å²) in [5.41, 5.74) is 0.542. The number of piperidine rings is 1. The second-order valence-electron chi connectivity index (χ2n) is 7.14. The Morgan fingerprint density at radius 3 is 2.77 bits per heavy atom. The highest BCUT2D eigenvalue weighted by Gasteiger charge is 2.38. The van der Waals surface area contributed by atoms with Gasteiger partial charge in [0.05, 0.1) is 0 Å². The van der Waals surface area contributed by atoms with Gasteiger partial charge in [-0.2, -0.15) is 0 Å². The van der Waals surface area contributed by atoms with Gasteiger partial charge in [-0.25, -0.2) is 0 Å². The number of hydrogen-bond donors (Lipinski definition) is 1. The van der Waals surface area contributed by atoms with Crippen molar-refractivity contribution in [1.29, 1.82) is 0 Å². The minimum Gasteiger partial charge on any atom is -0.454 e. The second kappa shape index (κ2) is 7.15. The molecule has 3 aliphatic heterocycles. The Kier molecular flexibility index (Phi) is 4.72. The van der Waals surface area contributed by atoms with Crippen molar-refractivity contribution in [3.63, 3.8) is 0 Å². The number of fused-ring (bicyclic) bond motifs is 1. The second-order valence-corrected chi connectivity index (χ2v) is 7.14. The molecule has 0 radical (unpaired) electrons. The molecule has 1 aromatic rings. The summed E-state index contributed by atoms with van der Waals surface area (Å²) >= 11 is 0. The van der Waals surface area contributed by atoms with Gasteiger partial charge in [0, 0.05) is 31.2 Å². The van der Waals surface area contributed by atoms with Gasteiger partial charge >= 0.3 is 0 Å². The summed E-state index contributed by atoms with van der Waals surface area (Å²) < 4.78 is 10.7. The van der Waals surface area contributed by atoms with Gasteiger partial charge in [-0.3, -0.25) is 9.59 Å². The number of hydrogen-bond acceptors (Lipinski definition) is 5. The molecule has 2 fully saturated rings. The number of likely N-dealkylation sites (N-methyl/N-ethyl adjacent to an activating group) is 1. The molecule has 0 saturated carbocycles. The molecule has 7 heteroatoms. The van der Waals surface area contributed by atoms with Gasteiger partial charge < -0.3 is 24.6 Å². The summed E-state index contributed by atoms with van der Waals surface area (Å²) in [5, 5.41) is 3.26. The molecule has 0 aromatic heterocycles. The fourth-order valence-electron chi connectivity index (χ4n) is 4.09. The third kappa shape index (κ3) is 3.11. The van der Waals surface area contributed by atoms with Crippen molar-refractivity contribution in [2.75, 3.05) is 33.5 Å². The molecule has 3 aliphatic rings. The van der Waals surface area contributed by atoms with Crippen LogP contribution in [0.25, 0.3) is 0 Å². The zero-order valence-corrected chi connectivity index (χ0v) is 15.1. The first-order valence-electron chi connectivity index (χ1n) is 9.34. The zero-order chi connectivity index (χ0) is 18.1. The fraction of sp³-hybridized carbons (Fsp3) is 0.579. The molecule has 0 spiro atoms. The van der Waals surface area contributed by atoms with E-state index in [1.807, 2.05) is 11.9 Å². The Hall–Kier alpha value is -2.28. The van der Waals surface area contributed by atoms with Crippen molar-refractivity contribution in [2.45, 2.75) is 37.8 Å². The van der Waals surface area contributed by atoms with Crippen LogP contribution >= 0.6 is 0 Å². The largest absolute Gasteiger partial charge is 0.454 e. The van der Waals surface area contributed by atoms with E-state index >= 15 is 0 Å². The normalized spacial score (nSPS) is 24.8. The Morgan fingerprint density at radius 2 is 1.92 bits per heavy atom. The molecule has 0 bridgehead atoms. The fourth-order valence-corrected chi connectivity index (χ4v) is 4.09. The van der Waals surface area contributed by atoms with Gasteiger partial charge in [0.15, 0.2) is 11.5 Å². The Labute approximate surface area is 153 Å². The molecule has 2 saturated heterocycles. The number of amides is 2. The molecular formula is C19H25N3O4. The lowest BCUT2D eigenvalue weighted by atomic mass is 10.0. The molecule has 140 valence electrons. The predicted octanol–water partition coefficient (Wildman–Crippen LogP) is 1.23. The van der Waals surface area contributed by atoms with Gasteiger partial charge in [0.2, 0.25) is 12.7 Å². The van der Waals surface area contributed by atoms with E-state index in [0.29, 0.717) is 29.6 Å². The minimum absolute atomic E-state index is 0.0801. The number of likely N-dealkylation sites (tertiary alicyclic amines) is 2. The van der Waals surface area contributed by atoms with Crippen LogP contribution in [0.5, 0.6) is 11.5 Å². The third-order valence-corrected chi connectivity index (χ3v) is 5.56. The van der Waals surface area contributed by atoms with Crippen molar-refractivity contribution < 1.29 is 19.1 Å². The smallest absolute Gasteiger partial charge is 0.254 e. The molecule has 0 aliphatic carbocycles. The van der Waals surface area contributed by atoms with Crippen molar-refractivity contribution in [2.24, 2.45) is 0 Å².